The van der Waals surface area contributed by atoms with Gasteiger partial charge in [0, 0.05) is 6.54 Å². The van der Waals surface area contributed by atoms with Crippen molar-refractivity contribution in [3.05, 3.63) is 21.6 Å². The van der Waals surface area contributed by atoms with E-state index in [1.54, 1.807) is 6.20 Å². The molecule has 2 N–H and O–H groups in total. The van der Waals surface area contributed by atoms with Gasteiger partial charge in [-0.2, -0.15) is 5.10 Å². The summed E-state index contributed by atoms with van der Waals surface area (Å²) in [5, 5.41) is 9.51. The zero-order valence-corrected chi connectivity index (χ0v) is 11.5. The Bertz CT molecular complexity index is 438. The van der Waals surface area contributed by atoms with Gasteiger partial charge in [0.2, 0.25) is 0 Å². The second-order valence-electron chi connectivity index (χ2n) is 5.10. The molecule has 0 saturated heterocycles. The Morgan fingerprint density at radius 1 is 1.39 bits per heavy atom. The van der Waals surface area contributed by atoms with E-state index in [1.807, 2.05) is 0 Å². The Labute approximate surface area is 112 Å². The molecule has 0 atom stereocenters. The Hall–Kier alpha value is -1.03. The van der Waals surface area contributed by atoms with Gasteiger partial charge < -0.3 is 5.32 Å². The number of hydrogen-bond acceptors (Lipinski definition) is 3. The van der Waals surface area contributed by atoms with Gasteiger partial charge in [-0.05, 0) is 24.7 Å². The number of halogens is 1. The molecule has 0 aromatic carbocycles. The molecule has 0 spiro atoms. The molecule has 0 bridgehead atoms. The van der Waals surface area contributed by atoms with Gasteiger partial charge in [-0.3, -0.25) is 4.79 Å². The maximum Gasteiger partial charge on any atom is 0.285 e. The number of rotatable bonds is 4. The summed E-state index contributed by atoms with van der Waals surface area (Å²) in [5.41, 5.74) is 0.300. The standard InChI is InChI=1S/C13H20ClN3O/c1-2-9-3-5-10(6-4-9)7-15-11-8-16-17-13(18)12(11)14/h8-10H,2-7H2,1H3,(H2,15,17,18). The van der Waals surface area contributed by atoms with Gasteiger partial charge in [0.15, 0.2) is 0 Å². The first-order chi connectivity index (χ1) is 8.70. The molecule has 0 amide bonds. The molecule has 1 aromatic rings. The highest BCUT2D eigenvalue weighted by atomic mass is 35.5. The van der Waals surface area contributed by atoms with E-state index >= 15 is 0 Å². The average molecular weight is 270 g/mol. The minimum atomic E-state index is -0.337. The van der Waals surface area contributed by atoms with E-state index in [-0.39, 0.29) is 10.6 Å². The molecule has 0 unspecified atom stereocenters. The highest BCUT2D eigenvalue weighted by Crippen LogP contribution is 2.30. The lowest BCUT2D eigenvalue weighted by atomic mass is 9.81. The fourth-order valence-electron chi connectivity index (χ4n) is 2.60. The summed E-state index contributed by atoms with van der Waals surface area (Å²) in [4.78, 5) is 11.3. The summed E-state index contributed by atoms with van der Waals surface area (Å²) in [6, 6.07) is 0. The van der Waals surface area contributed by atoms with Crippen LogP contribution in [0.25, 0.3) is 0 Å². The van der Waals surface area contributed by atoms with Crippen molar-refractivity contribution in [3.8, 4) is 0 Å². The van der Waals surface area contributed by atoms with Crippen molar-refractivity contribution < 1.29 is 0 Å². The number of anilines is 1. The topological polar surface area (TPSA) is 57.8 Å². The van der Waals surface area contributed by atoms with Crippen LogP contribution in [0.15, 0.2) is 11.0 Å². The van der Waals surface area contributed by atoms with Gasteiger partial charge in [-0.1, -0.05) is 37.8 Å². The molecule has 100 valence electrons. The molecule has 4 nitrogen and oxygen atoms in total. The van der Waals surface area contributed by atoms with Gasteiger partial charge >= 0.3 is 0 Å². The van der Waals surface area contributed by atoms with Crippen LogP contribution in [-0.4, -0.2) is 16.7 Å². The van der Waals surface area contributed by atoms with Crippen molar-refractivity contribution >= 4 is 17.3 Å². The van der Waals surface area contributed by atoms with Crippen LogP contribution < -0.4 is 10.9 Å². The Morgan fingerprint density at radius 2 is 2.06 bits per heavy atom. The first-order valence-electron chi connectivity index (χ1n) is 6.67. The molecule has 1 aliphatic carbocycles. The fourth-order valence-corrected chi connectivity index (χ4v) is 2.76. The summed E-state index contributed by atoms with van der Waals surface area (Å²) in [5.74, 6) is 1.59. The Morgan fingerprint density at radius 3 is 2.72 bits per heavy atom. The van der Waals surface area contributed by atoms with Crippen LogP contribution in [0.4, 0.5) is 5.69 Å². The molecule has 1 fully saturated rings. The van der Waals surface area contributed by atoms with Gasteiger partial charge in [0.1, 0.15) is 5.02 Å². The molecular weight excluding hydrogens is 250 g/mol. The van der Waals surface area contributed by atoms with Crippen LogP contribution in [0.3, 0.4) is 0 Å². The van der Waals surface area contributed by atoms with Gasteiger partial charge in [-0.15, -0.1) is 0 Å². The third-order valence-corrected chi connectivity index (χ3v) is 4.30. The zero-order chi connectivity index (χ0) is 13.0. The van der Waals surface area contributed by atoms with E-state index < -0.39 is 0 Å². The summed E-state index contributed by atoms with van der Waals surface area (Å²) in [6.07, 6.45) is 8.04. The maximum absolute atomic E-state index is 11.3. The predicted molar refractivity (Wildman–Crippen MR) is 74.1 cm³/mol. The highest BCUT2D eigenvalue weighted by Gasteiger charge is 2.20. The number of aromatic amines is 1. The average Bonchev–Trinajstić information content (AvgIpc) is 2.41. The summed E-state index contributed by atoms with van der Waals surface area (Å²) < 4.78 is 0. The van der Waals surface area contributed by atoms with Crippen LogP contribution in [0.5, 0.6) is 0 Å². The van der Waals surface area contributed by atoms with E-state index in [2.05, 4.69) is 22.4 Å². The number of nitrogens with one attached hydrogen (secondary N) is 2. The summed E-state index contributed by atoms with van der Waals surface area (Å²) in [6.45, 7) is 3.15. The molecule has 18 heavy (non-hydrogen) atoms. The lowest BCUT2D eigenvalue weighted by Gasteiger charge is -2.28. The SMILES string of the molecule is CCC1CCC(CNc2cn[nH]c(=O)c2Cl)CC1. The second-order valence-corrected chi connectivity index (χ2v) is 5.48. The number of aromatic nitrogens is 2. The quantitative estimate of drug-likeness (QED) is 0.883. The van der Waals surface area contributed by atoms with Crippen LogP contribution >= 0.6 is 11.6 Å². The van der Waals surface area contributed by atoms with Crippen molar-refractivity contribution in [2.45, 2.75) is 39.0 Å². The van der Waals surface area contributed by atoms with Gasteiger partial charge in [-0.25, -0.2) is 5.10 Å². The number of hydrogen-bond donors (Lipinski definition) is 2. The lowest BCUT2D eigenvalue weighted by molar-refractivity contribution is 0.278. The second kappa shape index (κ2) is 6.23. The first-order valence-corrected chi connectivity index (χ1v) is 7.05. The summed E-state index contributed by atoms with van der Waals surface area (Å²) in [7, 11) is 0. The predicted octanol–water partition coefficient (Wildman–Crippen LogP) is 3.05. The molecule has 2 rings (SSSR count). The molecular formula is C13H20ClN3O. The van der Waals surface area contributed by atoms with Gasteiger partial charge in [0.25, 0.3) is 5.56 Å². The van der Waals surface area contributed by atoms with Crippen molar-refractivity contribution in [1.82, 2.24) is 10.2 Å². The van der Waals surface area contributed by atoms with E-state index in [0.29, 0.717) is 11.6 Å². The maximum atomic E-state index is 11.3. The van der Waals surface area contributed by atoms with Gasteiger partial charge in [0.05, 0.1) is 11.9 Å². The molecule has 0 aliphatic heterocycles. The van der Waals surface area contributed by atoms with E-state index in [4.69, 9.17) is 11.6 Å². The first kappa shape index (κ1) is 13.4. The molecule has 5 heteroatoms. The fraction of sp³-hybridized carbons (Fsp3) is 0.692. The minimum Gasteiger partial charge on any atom is -0.382 e. The Kier molecular flexibility index (Phi) is 4.64. The van der Waals surface area contributed by atoms with Crippen LogP contribution in [0.2, 0.25) is 5.02 Å². The highest BCUT2D eigenvalue weighted by molar-refractivity contribution is 6.32. The molecule has 1 saturated carbocycles. The largest absolute Gasteiger partial charge is 0.382 e. The van der Waals surface area contributed by atoms with Crippen molar-refractivity contribution in [2.24, 2.45) is 11.8 Å². The smallest absolute Gasteiger partial charge is 0.285 e. The molecule has 1 aromatic heterocycles. The van der Waals surface area contributed by atoms with E-state index in [0.717, 1.165) is 12.5 Å². The zero-order valence-electron chi connectivity index (χ0n) is 10.7. The van der Waals surface area contributed by atoms with E-state index in [9.17, 15) is 4.79 Å². The normalized spacial score (nSPS) is 23.9. The monoisotopic (exact) mass is 269 g/mol. The third-order valence-electron chi connectivity index (χ3n) is 3.92. The van der Waals surface area contributed by atoms with E-state index in [1.165, 1.54) is 32.1 Å². The van der Waals surface area contributed by atoms with Crippen molar-refractivity contribution in [1.29, 1.82) is 0 Å². The number of H-pyrrole nitrogens is 1. The number of nitrogens with zero attached hydrogens (tertiary/aromatic N) is 1. The van der Waals surface area contributed by atoms with Crippen LogP contribution in [0, 0.1) is 11.8 Å². The third kappa shape index (κ3) is 3.25. The van der Waals surface area contributed by atoms with Crippen molar-refractivity contribution in [2.75, 3.05) is 11.9 Å². The van der Waals surface area contributed by atoms with Crippen LogP contribution in [-0.2, 0) is 0 Å². The minimum absolute atomic E-state index is 0.201. The molecule has 0 radical (unpaired) electrons. The molecule has 1 aliphatic rings. The Balaban J connectivity index is 1.85. The summed E-state index contributed by atoms with van der Waals surface area (Å²) >= 11 is 5.91. The lowest BCUT2D eigenvalue weighted by Crippen LogP contribution is -2.22. The molecule has 1 heterocycles. The van der Waals surface area contributed by atoms with Crippen molar-refractivity contribution in [3.63, 3.8) is 0 Å². The van der Waals surface area contributed by atoms with Crippen LogP contribution in [0.1, 0.15) is 39.0 Å².